The van der Waals surface area contributed by atoms with Crippen LogP contribution < -0.4 is 0 Å². The van der Waals surface area contributed by atoms with Gasteiger partial charge in [-0.2, -0.15) is 0 Å². The summed E-state index contributed by atoms with van der Waals surface area (Å²) >= 11 is 5.71. The van der Waals surface area contributed by atoms with E-state index in [-0.39, 0.29) is 0 Å². The SMILES string of the molecule is Cc1ccc(-c2sc(-c3ccc(C)s3)c3cc(-c4ccccc4)c(-c4ccccc4)cc23)s1. The van der Waals surface area contributed by atoms with Crippen molar-refractivity contribution >= 4 is 44.8 Å². The van der Waals surface area contributed by atoms with Crippen LogP contribution in [-0.4, -0.2) is 0 Å². The van der Waals surface area contributed by atoms with Gasteiger partial charge in [0.2, 0.25) is 0 Å². The zero-order valence-electron chi connectivity index (χ0n) is 18.5. The van der Waals surface area contributed by atoms with Crippen molar-refractivity contribution in [3.8, 4) is 41.8 Å². The Hall–Kier alpha value is -2.98. The number of aryl methyl sites for hydroxylation is 2. The molecule has 0 fully saturated rings. The molecule has 0 atom stereocenters. The molecule has 3 aromatic carbocycles. The molecule has 0 aliphatic rings. The Morgan fingerprint density at radius 3 is 1.24 bits per heavy atom. The molecule has 0 unspecified atom stereocenters. The molecule has 0 aliphatic carbocycles. The van der Waals surface area contributed by atoms with E-state index in [0.29, 0.717) is 0 Å². The number of benzene rings is 3. The van der Waals surface area contributed by atoms with Crippen LogP contribution in [0.5, 0.6) is 0 Å². The lowest BCUT2D eigenvalue weighted by Crippen LogP contribution is -1.86. The van der Waals surface area contributed by atoms with Crippen LogP contribution in [0, 0.1) is 13.8 Å². The standard InChI is InChI=1S/C30H22S3/c1-19-13-15-27(31-19)29-25-17-23(21-9-5-3-6-10-21)24(22-11-7-4-8-12-22)18-26(25)30(33-29)28-16-14-20(2)32-28/h3-18H,1-2H3. The van der Waals surface area contributed by atoms with Gasteiger partial charge in [0, 0.05) is 30.3 Å². The molecule has 0 nitrogen and oxygen atoms in total. The van der Waals surface area contributed by atoms with Gasteiger partial charge in [-0.1, -0.05) is 60.7 Å². The van der Waals surface area contributed by atoms with E-state index in [0.717, 1.165) is 0 Å². The Morgan fingerprint density at radius 1 is 0.455 bits per heavy atom. The molecule has 3 aromatic heterocycles. The third-order valence-corrected chi connectivity index (χ3v) is 9.53. The maximum atomic E-state index is 2.43. The molecule has 3 heteroatoms. The first kappa shape index (κ1) is 20.6. The van der Waals surface area contributed by atoms with Gasteiger partial charge in [-0.25, -0.2) is 0 Å². The van der Waals surface area contributed by atoms with Crippen LogP contribution in [0.1, 0.15) is 9.75 Å². The Morgan fingerprint density at radius 2 is 0.879 bits per heavy atom. The molecular formula is C30H22S3. The molecule has 0 N–H and O–H groups in total. The van der Waals surface area contributed by atoms with Crippen molar-refractivity contribution in [2.24, 2.45) is 0 Å². The molecule has 33 heavy (non-hydrogen) atoms. The van der Waals surface area contributed by atoms with Crippen LogP contribution in [0.15, 0.2) is 97.1 Å². The van der Waals surface area contributed by atoms with Crippen molar-refractivity contribution < 1.29 is 0 Å². The van der Waals surface area contributed by atoms with E-state index in [4.69, 9.17) is 0 Å². The Labute approximate surface area is 206 Å². The first-order chi connectivity index (χ1) is 16.2. The summed E-state index contributed by atoms with van der Waals surface area (Å²) in [7, 11) is 0. The minimum atomic E-state index is 1.26. The molecule has 3 heterocycles. The van der Waals surface area contributed by atoms with E-state index in [1.54, 1.807) is 0 Å². The molecule has 0 radical (unpaired) electrons. The summed E-state index contributed by atoms with van der Waals surface area (Å²) in [6.45, 7) is 4.38. The first-order valence-electron chi connectivity index (χ1n) is 11.0. The quantitative estimate of drug-likeness (QED) is 0.236. The third kappa shape index (κ3) is 3.76. The summed E-state index contributed by atoms with van der Waals surface area (Å²) in [5.41, 5.74) is 5.09. The molecule has 0 saturated heterocycles. The van der Waals surface area contributed by atoms with Crippen molar-refractivity contribution in [2.45, 2.75) is 13.8 Å². The van der Waals surface area contributed by atoms with Gasteiger partial charge < -0.3 is 0 Å². The van der Waals surface area contributed by atoms with Crippen molar-refractivity contribution in [3.05, 3.63) is 107 Å². The molecule has 0 bridgehead atoms. The van der Waals surface area contributed by atoms with E-state index < -0.39 is 0 Å². The summed E-state index contributed by atoms with van der Waals surface area (Å²) in [6, 6.07) is 35.5. The second kappa shape index (κ2) is 8.42. The molecule has 6 aromatic rings. The highest BCUT2D eigenvalue weighted by Crippen LogP contribution is 2.50. The molecule has 160 valence electrons. The van der Waals surface area contributed by atoms with E-state index in [2.05, 4.69) is 111 Å². The van der Waals surface area contributed by atoms with E-state index >= 15 is 0 Å². The second-order valence-electron chi connectivity index (χ2n) is 8.26. The lowest BCUT2D eigenvalue weighted by atomic mass is 9.91. The fourth-order valence-electron chi connectivity index (χ4n) is 4.38. The smallest absolute Gasteiger partial charge is 0.0528 e. The van der Waals surface area contributed by atoms with Crippen LogP contribution >= 0.6 is 34.0 Å². The minimum absolute atomic E-state index is 1.26. The van der Waals surface area contributed by atoms with Gasteiger partial charge in [-0.3, -0.25) is 0 Å². The lowest BCUT2D eigenvalue weighted by Gasteiger charge is -2.12. The molecule has 6 rings (SSSR count). The zero-order valence-corrected chi connectivity index (χ0v) is 20.9. The van der Waals surface area contributed by atoms with Crippen molar-refractivity contribution in [3.63, 3.8) is 0 Å². The Bertz CT molecular complexity index is 1450. The number of hydrogen-bond donors (Lipinski definition) is 0. The highest BCUT2D eigenvalue weighted by molar-refractivity contribution is 7.28. The van der Waals surface area contributed by atoms with E-state index in [9.17, 15) is 0 Å². The molecule has 0 spiro atoms. The molecular weight excluding hydrogens is 457 g/mol. The zero-order chi connectivity index (χ0) is 22.4. The maximum absolute atomic E-state index is 2.43. The summed E-state index contributed by atoms with van der Waals surface area (Å²) in [5, 5.41) is 2.70. The predicted octanol–water partition coefficient (Wildman–Crippen LogP) is 10.3. The van der Waals surface area contributed by atoms with Gasteiger partial charge in [-0.15, -0.1) is 34.0 Å². The van der Waals surface area contributed by atoms with Gasteiger partial charge in [0.05, 0.1) is 9.75 Å². The van der Waals surface area contributed by atoms with Crippen molar-refractivity contribution in [2.75, 3.05) is 0 Å². The van der Waals surface area contributed by atoms with Gasteiger partial charge >= 0.3 is 0 Å². The summed E-state index contributed by atoms with van der Waals surface area (Å²) in [4.78, 5) is 8.16. The normalized spacial score (nSPS) is 11.3. The Kier molecular flexibility index (Phi) is 5.26. The molecule has 0 amide bonds. The first-order valence-corrected chi connectivity index (χ1v) is 13.5. The summed E-state index contributed by atoms with van der Waals surface area (Å²) < 4.78 is 0. The topological polar surface area (TPSA) is 0 Å². The van der Waals surface area contributed by atoms with Crippen molar-refractivity contribution in [1.29, 1.82) is 0 Å². The van der Waals surface area contributed by atoms with Gasteiger partial charge in [0.15, 0.2) is 0 Å². The van der Waals surface area contributed by atoms with E-state index in [1.165, 1.54) is 62.3 Å². The second-order valence-corrected chi connectivity index (χ2v) is 11.9. The number of thiophene rings is 3. The predicted molar refractivity (Wildman–Crippen MR) is 149 cm³/mol. The molecule has 0 aliphatic heterocycles. The average Bonchev–Trinajstić information content (AvgIpc) is 3.57. The van der Waals surface area contributed by atoms with Crippen LogP contribution in [-0.2, 0) is 0 Å². The lowest BCUT2D eigenvalue weighted by molar-refractivity contribution is 1.61. The number of rotatable bonds is 4. The van der Waals surface area contributed by atoms with Crippen LogP contribution in [0.3, 0.4) is 0 Å². The fourth-order valence-corrected chi connectivity index (χ4v) is 7.62. The van der Waals surface area contributed by atoms with Crippen LogP contribution in [0.4, 0.5) is 0 Å². The third-order valence-electron chi connectivity index (χ3n) is 5.95. The highest BCUT2D eigenvalue weighted by atomic mass is 32.1. The monoisotopic (exact) mass is 478 g/mol. The maximum Gasteiger partial charge on any atom is 0.0528 e. The summed E-state index contributed by atoms with van der Waals surface area (Å²) in [6.07, 6.45) is 0. The summed E-state index contributed by atoms with van der Waals surface area (Å²) in [5.74, 6) is 0. The largest absolute Gasteiger partial charge is 0.140 e. The van der Waals surface area contributed by atoms with Crippen LogP contribution in [0.25, 0.3) is 52.5 Å². The highest BCUT2D eigenvalue weighted by Gasteiger charge is 2.20. The van der Waals surface area contributed by atoms with Gasteiger partial charge in [-0.05, 0) is 72.5 Å². The molecule has 0 saturated carbocycles. The Balaban J connectivity index is 1.71. The van der Waals surface area contributed by atoms with E-state index in [1.807, 2.05) is 34.0 Å². The number of hydrogen-bond acceptors (Lipinski definition) is 3. The van der Waals surface area contributed by atoms with Crippen LogP contribution in [0.2, 0.25) is 0 Å². The minimum Gasteiger partial charge on any atom is -0.140 e. The average molecular weight is 479 g/mol. The van der Waals surface area contributed by atoms with Gasteiger partial charge in [0.1, 0.15) is 0 Å². The van der Waals surface area contributed by atoms with Crippen molar-refractivity contribution in [1.82, 2.24) is 0 Å². The fraction of sp³-hybridized carbons (Fsp3) is 0.0667. The number of fused-ring (bicyclic) bond motifs is 1. The van der Waals surface area contributed by atoms with Gasteiger partial charge in [0.25, 0.3) is 0 Å².